The van der Waals surface area contributed by atoms with Crippen molar-refractivity contribution in [3.63, 3.8) is 0 Å². The number of amides is 1. The number of aliphatic hydroxyl groups excluding tert-OH is 1. The summed E-state index contributed by atoms with van der Waals surface area (Å²) < 4.78 is 10.4. The number of ether oxygens (including phenoxy) is 2. The van der Waals surface area contributed by atoms with Gasteiger partial charge in [0.25, 0.3) is 0 Å². The van der Waals surface area contributed by atoms with Crippen molar-refractivity contribution >= 4 is 11.9 Å². The third-order valence-electron chi connectivity index (χ3n) is 3.84. The van der Waals surface area contributed by atoms with Gasteiger partial charge in [-0.3, -0.25) is 4.79 Å². The van der Waals surface area contributed by atoms with E-state index in [1.807, 2.05) is 6.07 Å². The van der Waals surface area contributed by atoms with E-state index in [-0.39, 0.29) is 13.2 Å². The predicted molar refractivity (Wildman–Crippen MR) is 87.2 cm³/mol. The Morgan fingerprint density at radius 2 is 1.80 bits per heavy atom. The number of carbonyl (C=O) groups excluding carboxylic acids is 1. The Balaban J connectivity index is 1.72. The highest BCUT2D eigenvalue weighted by Crippen LogP contribution is 2.34. The van der Waals surface area contributed by atoms with Crippen LogP contribution in [0.1, 0.15) is 17.2 Å². The molecule has 25 heavy (non-hydrogen) atoms. The second kappa shape index (κ2) is 7.23. The van der Waals surface area contributed by atoms with Crippen LogP contribution in [-0.2, 0) is 16.0 Å². The molecule has 3 N–H and O–H groups in total. The lowest BCUT2D eigenvalue weighted by molar-refractivity contribution is -0.145. The highest BCUT2D eigenvalue weighted by Gasteiger charge is 2.30. The number of fused-ring (bicyclic) bond motifs is 1. The minimum Gasteiger partial charge on any atom is -0.480 e. The zero-order valence-electron chi connectivity index (χ0n) is 13.2. The van der Waals surface area contributed by atoms with Gasteiger partial charge in [0.05, 0.1) is 6.42 Å². The van der Waals surface area contributed by atoms with E-state index in [4.69, 9.17) is 9.47 Å². The van der Waals surface area contributed by atoms with E-state index in [9.17, 15) is 19.8 Å². The van der Waals surface area contributed by atoms with Crippen molar-refractivity contribution in [2.24, 2.45) is 0 Å². The highest BCUT2D eigenvalue weighted by atomic mass is 16.7. The van der Waals surface area contributed by atoms with E-state index < -0.39 is 24.0 Å². The molecule has 2 aromatic rings. The molecule has 2 unspecified atom stereocenters. The summed E-state index contributed by atoms with van der Waals surface area (Å²) in [6.07, 6.45) is -1.40. The summed E-state index contributed by atoms with van der Waals surface area (Å²) in [5.41, 5.74) is 1.07. The standard InChI is InChI=1S/C18H17NO6/c20-15(8-11-4-2-1-3-5-11)19-16(18(22)23)17(21)12-6-7-13-14(9-12)25-10-24-13/h1-7,9,16-17,21H,8,10H2,(H,19,20)(H,22,23). The van der Waals surface area contributed by atoms with Crippen LogP contribution in [0, 0.1) is 0 Å². The summed E-state index contributed by atoms with van der Waals surface area (Å²) in [5, 5.41) is 22.2. The maximum atomic E-state index is 12.1. The van der Waals surface area contributed by atoms with Gasteiger partial charge in [0.15, 0.2) is 17.5 Å². The number of rotatable bonds is 6. The first kappa shape index (κ1) is 16.8. The molecular weight excluding hydrogens is 326 g/mol. The minimum atomic E-state index is -1.48. The summed E-state index contributed by atoms with van der Waals surface area (Å²) in [7, 11) is 0. The summed E-state index contributed by atoms with van der Waals surface area (Å²) in [6.45, 7) is 0.0745. The molecule has 0 saturated carbocycles. The maximum Gasteiger partial charge on any atom is 0.329 e. The Hall–Kier alpha value is -3.06. The van der Waals surface area contributed by atoms with Crippen molar-refractivity contribution in [1.29, 1.82) is 0 Å². The van der Waals surface area contributed by atoms with E-state index in [0.29, 0.717) is 17.1 Å². The monoisotopic (exact) mass is 343 g/mol. The molecule has 7 heteroatoms. The normalized spacial score (nSPS) is 14.6. The van der Waals surface area contributed by atoms with Gasteiger partial charge < -0.3 is 25.0 Å². The molecule has 1 aliphatic heterocycles. The van der Waals surface area contributed by atoms with E-state index in [1.165, 1.54) is 12.1 Å². The molecule has 130 valence electrons. The van der Waals surface area contributed by atoms with Gasteiger partial charge >= 0.3 is 5.97 Å². The van der Waals surface area contributed by atoms with Crippen molar-refractivity contribution in [1.82, 2.24) is 5.32 Å². The second-order valence-corrected chi connectivity index (χ2v) is 5.60. The Morgan fingerprint density at radius 3 is 2.52 bits per heavy atom. The fourth-order valence-corrected chi connectivity index (χ4v) is 2.57. The topological polar surface area (TPSA) is 105 Å². The fourth-order valence-electron chi connectivity index (χ4n) is 2.57. The van der Waals surface area contributed by atoms with Crippen LogP contribution in [0.3, 0.4) is 0 Å². The highest BCUT2D eigenvalue weighted by molar-refractivity contribution is 5.85. The lowest BCUT2D eigenvalue weighted by Gasteiger charge is -2.21. The summed E-state index contributed by atoms with van der Waals surface area (Å²) >= 11 is 0. The van der Waals surface area contributed by atoms with E-state index >= 15 is 0 Å². The third kappa shape index (κ3) is 3.89. The summed E-state index contributed by atoms with van der Waals surface area (Å²) in [6, 6.07) is 12.1. The number of nitrogens with one attached hydrogen (secondary N) is 1. The first-order valence-corrected chi connectivity index (χ1v) is 7.68. The molecular formula is C18H17NO6. The molecule has 3 rings (SSSR count). The van der Waals surface area contributed by atoms with Crippen LogP contribution in [-0.4, -0.2) is 34.9 Å². The Labute approximate surface area is 143 Å². The van der Waals surface area contributed by atoms with Crippen LogP contribution < -0.4 is 14.8 Å². The molecule has 1 aliphatic rings. The van der Waals surface area contributed by atoms with Gasteiger partial charge in [-0.05, 0) is 23.3 Å². The number of hydrogen-bond donors (Lipinski definition) is 3. The second-order valence-electron chi connectivity index (χ2n) is 5.60. The number of carbonyl (C=O) groups is 2. The Bertz CT molecular complexity index is 776. The van der Waals surface area contributed by atoms with Crippen molar-refractivity contribution in [3.05, 3.63) is 59.7 Å². The zero-order chi connectivity index (χ0) is 17.8. The van der Waals surface area contributed by atoms with Gasteiger partial charge in [0.2, 0.25) is 12.7 Å². The summed E-state index contributed by atoms with van der Waals surface area (Å²) in [5.74, 6) is -0.864. The molecule has 1 heterocycles. The first-order valence-electron chi connectivity index (χ1n) is 7.68. The number of aliphatic carboxylic acids is 1. The van der Waals surface area contributed by atoms with E-state index in [0.717, 1.165) is 5.56 Å². The summed E-state index contributed by atoms with van der Waals surface area (Å²) in [4.78, 5) is 23.6. The van der Waals surface area contributed by atoms with Crippen LogP contribution in [0.4, 0.5) is 0 Å². The van der Waals surface area contributed by atoms with Gasteiger partial charge in [0.1, 0.15) is 6.10 Å². The molecule has 0 spiro atoms. The number of hydrogen-bond acceptors (Lipinski definition) is 5. The third-order valence-corrected chi connectivity index (χ3v) is 3.84. The molecule has 0 radical (unpaired) electrons. The average Bonchev–Trinajstić information content (AvgIpc) is 3.07. The first-order chi connectivity index (χ1) is 12.0. The van der Waals surface area contributed by atoms with Gasteiger partial charge in [-0.15, -0.1) is 0 Å². The molecule has 2 atom stereocenters. The quantitative estimate of drug-likeness (QED) is 0.729. The number of aliphatic hydroxyl groups is 1. The maximum absolute atomic E-state index is 12.1. The van der Waals surface area contributed by atoms with Crippen molar-refractivity contribution < 1.29 is 29.3 Å². The van der Waals surface area contributed by atoms with Gasteiger partial charge in [0, 0.05) is 0 Å². The van der Waals surface area contributed by atoms with Crippen LogP contribution >= 0.6 is 0 Å². The van der Waals surface area contributed by atoms with Crippen LogP contribution in [0.2, 0.25) is 0 Å². The lowest BCUT2D eigenvalue weighted by atomic mass is 10.0. The van der Waals surface area contributed by atoms with Gasteiger partial charge in [-0.2, -0.15) is 0 Å². The van der Waals surface area contributed by atoms with Crippen molar-refractivity contribution in [2.75, 3.05) is 6.79 Å². The predicted octanol–water partition coefficient (Wildman–Crippen LogP) is 1.26. The SMILES string of the molecule is O=C(Cc1ccccc1)NC(C(=O)O)C(O)c1ccc2c(c1)OCO2. The zero-order valence-corrected chi connectivity index (χ0v) is 13.2. The van der Waals surface area contributed by atoms with Crippen LogP contribution in [0.15, 0.2) is 48.5 Å². The number of benzene rings is 2. The smallest absolute Gasteiger partial charge is 0.329 e. The molecule has 0 bridgehead atoms. The minimum absolute atomic E-state index is 0.0263. The van der Waals surface area contributed by atoms with E-state index in [1.54, 1.807) is 30.3 Å². The molecule has 2 aromatic carbocycles. The van der Waals surface area contributed by atoms with Crippen molar-refractivity contribution in [2.45, 2.75) is 18.6 Å². The van der Waals surface area contributed by atoms with Crippen LogP contribution in [0.5, 0.6) is 11.5 Å². The van der Waals surface area contributed by atoms with Gasteiger partial charge in [-0.25, -0.2) is 4.79 Å². The van der Waals surface area contributed by atoms with Crippen molar-refractivity contribution in [3.8, 4) is 11.5 Å². The Kier molecular flexibility index (Phi) is 4.85. The van der Waals surface area contributed by atoms with E-state index in [2.05, 4.69) is 5.32 Å². The molecule has 0 aromatic heterocycles. The molecule has 0 fully saturated rings. The lowest BCUT2D eigenvalue weighted by Crippen LogP contribution is -2.45. The average molecular weight is 343 g/mol. The Morgan fingerprint density at radius 1 is 1.08 bits per heavy atom. The largest absolute Gasteiger partial charge is 0.480 e. The van der Waals surface area contributed by atoms with Gasteiger partial charge in [-0.1, -0.05) is 36.4 Å². The number of carboxylic acids is 1. The molecule has 7 nitrogen and oxygen atoms in total. The molecule has 0 saturated heterocycles. The fraction of sp³-hybridized carbons (Fsp3) is 0.222. The van der Waals surface area contributed by atoms with Crippen LogP contribution in [0.25, 0.3) is 0 Å². The molecule has 0 aliphatic carbocycles. The number of carboxylic acid groups (broad SMARTS) is 1. The molecule has 1 amide bonds.